The van der Waals surface area contributed by atoms with Crippen LogP contribution < -0.4 is 5.73 Å². The fourth-order valence-corrected chi connectivity index (χ4v) is 1.11. The summed E-state index contributed by atoms with van der Waals surface area (Å²) in [6, 6.07) is 2.13. The lowest BCUT2D eigenvalue weighted by Gasteiger charge is -2.11. The Morgan fingerprint density at radius 1 is 1.29 bits per heavy atom. The van der Waals surface area contributed by atoms with Crippen molar-refractivity contribution in [3.8, 4) is 0 Å². The summed E-state index contributed by atoms with van der Waals surface area (Å²) in [6.07, 6.45) is -4.41. The minimum atomic E-state index is -4.41. The maximum atomic E-state index is 12.3. The molecule has 2 N–H and O–H groups in total. The van der Waals surface area contributed by atoms with Crippen molar-refractivity contribution in [2.45, 2.75) is 25.9 Å². The highest BCUT2D eigenvalue weighted by atomic mass is 19.4. The number of nitrogens with two attached hydrogens (primary N) is 1. The van der Waals surface area contributed by atoms with Crippen molar-refractivity contribution in [1.29, 1.82) is 0 Å². The van der Waals surface area contributed by atoms with Crippen molar-refractivity contribution >= 4 is 5.69 Å². The summed E-state index contributed by atoms with van der Waals surface area (Å²) in [4.78, 5) is 3.49. The Morgan fingerprint density at radius 2 is 1.86 bits per heavy atom. The lowest BCUT2D eigenvalue weighted by molar-refractivity contribution is -0.141. The van der Waals surface area contributed by atoms with Gasteiger partial charge in [0.15, 0.2) is 0 Å². The molecule has 2 nitrogen and oxygen atoms in total. The molecule has 1 aromatic heterocycles. The molecule has 0 amide bonds. The SMILES string of the molecule is CC(C)c1nc(C(F)(F)F)ccc1N. The summed E-state index contributed by atoms with van der Waals surface area (Å²) < 4.78 is 36.8. The van der Waals surface area contributed by atoms with Crippen LogP contribution in [0.5, 0.6) is 0 Å². The van der Waals surface area contributed by atoms with Gasteiger partial charge in [0.1, 0.15) is 5.69 Å². The zero-order valence-corrected chi connectivity index (χ0v) is 7.89. The van der Waals surface area contributed by atoms with Crippen molar-refractivity contribution in [2.24, 2.45) is 0 Å². The molecule has 0 aliphatic heterocycles. The number of halogens is 3. The first-order chi connectivity index (χ1) is 6.32. The van der Waals surface area contributed by atoms with Crippen LogP contribution in [-0.4, -0.2) is 4.98 Å². The zero-order chi connectivity index (χ0) is 10.9. The third-order valence-electron chi connectivity index (χ3n) is 1.79. The number of pyridine rings is 1. The molecule has 0 unspecified atom stereocenters. The molecule has 0 fully saturated rings. The van der Waals surface area contributed by atoms with E-state index in [1.165, 1.54) is 6.07 Å². The first-order valence-electron chi connectivity index (χ1n) is 4.16. The number of aromatic nitrogens is 1. The highest BCUT2D eigenvalue weighted by Crippen LogP contribution is 2.30. The molecule has 0 aromatic carbocycles. The maximum Gasteiger partial charge on any atom is 0.433 e. The van der Waals surface area contributed by atoms with E-state index in [-0.39, 0.29) is 5.92 Å². The third kappa shape index (κ3) is 2.16. The largest absolute Gasteiger partial charge is 0.433 e. The van der Waals surface area contributed by atoms with Gasteiger partial charge in [-0.3, -0.25) is 0 Å². The Morgan fingerprint density at radius 3 is 2.29 bits per heavy atom. The molecule has 0 saturated heterocycles. The monoisotopic (exact) mass is 204 g/mol. The Hall–Kier alpha value is -1.26. The number of nitrogen functional groups attached to an aromatic ring is 1. The molecule has 5 heteroatoms. The summed E-state index contributed by atoms with van der Waals surface area (Å²) in [5, 5.41) is 0. The molecule has 0 atom stereocenters. The van der Waals surface area contributed by atoms with Gasteiger partial charge in [-0.2, -0.15) is 13.2 Å². The Balaban J connectivity index is 3.20. The second kappa shape index (κ2) is 3.48. The second-order valence-corrected chi connectivity index (χ2v) is 3.32. The molecule has 0 spiro atoms. The number of hydrogen-bond acceptors (Lipinski definition) is 2. The fourth-order valence-electron chi connectivity index (χ4n) is 1.11. The van der Waals surface area contributed by atoms with Crippen molar-refractivity contribution in [2.75, 3.05) is 5.73 Å². The molecule has 1 heterocycles. The summed E-state index contributed by atoms with van der Waals surface area (Å²) in [5.41, 5.74) is 5.20. The van der Waals surface area contributed by atoms with Gasteiger partial charge in [-0.15, -0.1) is 0 Å². The van der Waals surface area contributed by atoms with Crippen LogP contribution in [0.4, 0.5) is 18.9 Å². The third-order valence-corrected chi connectivity index (χ3v) is 1.79. The van der Waals surface area contributed by atoms with E-state index in [1.807, 2.05) is 0 Å². The van der Waals surface area contributed by atoms with Crippen molar-refractivity contribution in [3.05, 3.63) is 23.5 Å². The Kier molecular flexibility index (Phi) is 2.69. The number of nitrogens with zero attached hydrogens (tertiary/aromatic N) is 1. The highest BCUT2D eigenvalue weighted by Gasteiger charge is 2.33. The van der Waals surface area contributed by atoms with Crippen LogP contribution in [0.2, 0.25) is 0 Å². The molecule has 0 bridgehead atoms. The van der Waals surface area contributed by atoms with Crippen LogP contribution in [0.25, 0.3) is 0 Å². The standard InChI is InChI=1S/C9H11F3N2/c1-5(2)8-6(13)3-4-7(14-8)9(10,11)12/h3-5H,13H2,1-2H3. The van der Waals surface area contributed by atoms with Gasteiger partial charge in [0.2, 0.25) is 0 Å². The summed E-state index contributed by atoms with van der Waals surface area (Å²) in [6.45, 7) is 3.50. The maximum absolute atomic E-state index is 12.3. The van der Waals surface area contributed by atoms with Crippen LogP contribution >= 0.6 is 0 Å². The number of alkyl halides is 3. The van der Waals surface area contributed by atoms with Gasteiger partial charge in [-0.25, -0.2) is 4.98 Å². The van der Waals surface area contributed by atoms with Gasteiger partial charge < -0.3 is 5.73 Å². The molecule has 0 saturated carbocycles. The predicted octanol–water partition coefficient (Wildman–Crippen LogP) is 2.81. The molecule has 1 rings (SSSR count). The summed E-state index contributed by atoms with van der Waals surface area (Å²) >= 11 is 0. The van der Waals surface area contributed by atoms with Crippen LogP contribution in [0.3, 0.4) is 0 Å². The van der Waals surface area contributed by atoms with E-state index in [0.717, 1.165) is 6.07 Å². The Labute approximate surface area is 79.9 Å². The van der Waals surface area contributed by atoms with Gasteiger partial charge in [-0.1, -0.05) is 13.8 Å². The van der Waals surface area contributed by atoms with Gasteiger partial charge in [0.25, 0.3) is 0 Å². The quantitative estimate of drug-likeness (QED) is 0.763. The highest BCUT2D eigenvalue weighted by molar-refractivity contribution is 5.45. The average Bonchev–Trinajstić information content (AvgIpc) is 2.02. The summed E-state index contributed by atoms with van der Waals surface area (Å²) in [7, 11) is 0. The first-order valence-corrected chi connectivity index (χ1v) is 4.16. The predicted molar refractivity (Wildman–Crippen MR) is 47.7 cm³/mol. The van der Waals surface area contributed by atoms with Crippen LogP contribution in [0.15, 0.2) is 12.1 Å². The minimum absolute atomic E-state index is 0.114. The fraction of sp³-hybridized carbons (Fsp3) is 0.444. The molecular formula is C9H11F3N2. The van der Waals surface area contributed by atoms with Crippen molar-refractivity contribution in [3.63, 3.8) is 0 Å². The molecule has 14 heavy (non-hydrogen) atoms. The van der Waals surface area contributed by atoms with Crippen LogP contribution in [-0.2, 0) is 6.18 Å². The average molecular weight is 204 g/mol. The van der Waals surface area contributed by atoms with Gasteiger partial charge >= 0.3 is 6.18 Å². The summed E-state index contributed by atoms with van der Waals surface area (Å²) in [5.74, 6) is -0.114. The zero-order valence-electron chi connectivity index (χ0n) is 7.89. The number of anilines is 1. The van der Waals surface area contributed by atoms with E-state index in [1.54, 1.807) is 13.8 Å². The number of hydrogen-bond donors (Lipinski definition) is 1. The second-order valence-electron chi connectivity index (χ2n) is 3.32. The minimum Gasteiger partial charge on any atom is -0.397 e. The van der Waals surface area contributed by atoms with E-state index in [0.29, 0.717) is 11.4 Å². The van der Waals surface area contributed by atoms with Crippen LogP contribution in [0, 0.1) is 0 Å². The normalized spacial score (nSPS) is 12.1. The number of rotatable bonds is 1. The molecule has 0 aliphatic rings. The van der Waals surface area contributed by atoms with Gasteiger partial charge in [0, 0.05) is 0 Å². The molecule has 1 aromatic rings. The van der Waals surface area contributed by atoms with Crippen molar-refractivity contribution < 1.29 is 13.2 Å². The lowest BCUT2D eigenvalue weighted by Crippen LogP contribution is -2.11. The molecule has 78 valence electrons. The van der Waals surface area contributed by atoms with E-state index in [2.05, 4.69) is 4.98 Å². The Bertz CT molecular complexity index is 331. The van der Waals surface area contributed by atoms with Crippen molar-refractivity contribution in [1.82, 2.24) is 4.98 Å². The first kappa shape index (κ1) is 10.8. The van der Waals surface area contributed by atoms with Gasteiger partial charge in [0.05, 0.1) is 11.4 Å². The molecular weight excluding hydrogens is 193 g/mol. The molecule has 0 aliphatic carbocycles. The lowest BCUT2D eigenvalue weighted by atomic mass is 10.1. The smallest absolute Gasteiger partial charge is 0.397 e. The van der Waals surface area contributed by atoms with Crippen LogP contribution in [0.1, 0.15) is 31.2 Å². The topological polar surface area (TPSA) is 38.9 Å². The molecule has 0 radical (unpaired) electrons. The van der Waals surface area contributed by atoms with Gasteiger partial charge in [-0.05, 0) is 18.1 Å². The van der Waals surface area contributed by atoms with E-state index >= 15 is 0 Å². The van der Waals surface area contributed by atoms with E-state index in [9.17, 15) is 13.2 Å². The van der Waals surface area contributed by atoms with E-state index in [4.69, 9.17) is 5.73 Å². The van der Waals surface area contributed by atoms with E-state index < -0.39 is 11.9 Å².